The second-order valence-electron chi connectivity index (χ2n) is 4.25. The average Bonchev–Trinajstić information content (AvgIpc) is 1.97. The van der Waals surface area contributed by atoms with Crippen molar-refractivity contribution in [2.75, 3.05) is 0 Å². The summed E-state index contributed by atoms with van der Waals surface area (Å²) in [5.41, 5.74) is 5.98. The molecule has 0 fully saturated rings. The predicted octanol–water partition coefficient (Wildman–Crippen LogP) is 2.71. The number of allylic oxidation sites excluding steroid dienone is 1. The molecule has 0 aliphatic heterocycles. The van der Waals surface area contributed by atoms with E-state index in [1.807, 2.05) is 6.08 Å². The molecular weight excluding hydrogens is 162 g/mol. The van der Waals surface area contributed by atoms with Gasteiger partial charge in [-0.1, -0.05) is 30.9 Å². The second-order valence-corrected chi connectivity index (χ2v) is 9.39. The summed E-state index contributed by atoms with van der Waals surface area (Å²) in [4.78, 5) is 0. The molecule has 70 valence electrons. The molecule has 0 aliphatic carbocycles. The molecule has 2 N–H and O–H groups in total. The quantitative estimate of drug-likeness (QED) is 0.515. The Labute approximate surface area is 77.4 Å². The van der Waals surface area contributed by atoms with Crippen LogP contribution in [0.1, 0.15) is 12.8 Å². The van der Waals surface area contributed by atoms with Crippen LogP contribution in [0.5, 0.6) is 0 Å². The van der Waals surface area contributed by atoms with E-state index in [0.717, 1.165) is 12.8 Å². The molecule has 0 aromatic carbocycles. The van der Waals surface area contributed by atoms with Crippen LogP contribution >= 0.6 is 0 Å². The summed E-state index contributed by atoms with van der Waals surface area (Å²) in [7, 11) is -1.23. The van der Waals surface area contributed by atoms with Crippen molar-refractivity contribution >= 4 is 8.07 Å². The van der Waals surface area contributed by atoms with Crippen LogP contribution in [-0.2, 0) is 0 Å². The monoisotopic (exact) mass is 183 g/mol. The van der Waals surface area contributed by atoms with Gasteiger partial charge in [0.05, 0.1) is 8.07 Å². The summed E-state index contributed by atoms with van der Waals surface area (Å²) >= 11 is 0. The maximum absolute atomic E-state index is 5.98. The third-order valence-electron chi connectivity index (χ3n) is 2.09. The van der Waals surface area contributed by atoms with Gasteiger partial charge in [0.15, 0.2) is 0 Å². The van der Waals surface area contributed by atoms with E-state index in [1.165, 1.54) is 5.20 Å². The fourth-order valence-corrected chi connectivity index (χ4v) is 2.28. The Morgan fingerprint density at radius 3 is 2.33 bits per heavy atom. The van der Waals surface area contributed by atoms with E-state index < -0.39 is 8.07 Å². The van der Waals surface area contributed by atoms with Crippen molar-refractivity contribution < 1.29 is 0 Å². The van der Waals surface area contributed by atoms with E-state index in [-0.39, 0.29) is 6.04 Å². The number of hydrogen-bond donors (Lipinski definition) is 1. The minimum absolute atomic E-state index is 0.176. The van der Waals surface area contributed by atoms with Crippen molar-refractivity contribution in [1.82, 2.24) is 0 Å². The summed E-state index contributed by atoms with van der Waals surface area (Å²) < 4.78 is 0. The fraction of sp³-hybridized carbons (Fsp3) is 0.600. The van der Waals surface area contributed by atoms with Crippen LogP contribution in [0.4, 0.5) is 0 Å². The van der Waals surface area contributed by atoms with Crippen LogP contribution < -0.4 is 5.73 Å². The van der Waals surface area contributed by atoms with E-state index in [0.29, 0.717) is 0 Å². The molecule has 1 atom stereocenters. The van der Waals surface area contributed by atoms with Gasteiger partial charge in [0.1, 0.15) is 0 Å². The molecule has 0 aliphatic rings. The van der Waals surface area contributed by atoms with Crippen molar-refractivity contribution in [1.29, 1.82) is 0 Å². The molecule has 0 saturated heterocycles. The average molecular weight is 183 g/mol. The Bertz CT molecular complexity index is 167. The highest BCUT2D eigenvalue weighted by atomic mass is 28.3. The van der Waals surface area contributed by atoms with E-state index >= 15 is 0 Å². The van der Waals surface area contributed by atoms with Crippen LogP contribution in [0.15, 0.2) is 24.4 Å². The van der Waals surface area contributed by atoms with Crippen LogP contribution in [0.25, 0.3) is 0 Å². The lowest BCUT2D eigenvalue weighted by Gasteiger charge is -2.25. The summed E-state index contributed by atoms with van der Waals surface area (Å²) in [6.45, 7) is 14.6. The fourth-order valence-electron chi connectivity index (χ4n) is 1.03. The zero-order valence-electron chi connectivity index (χ0n) is 8.56. The zero-order valence-corrected chi connectivity index (χ0v) is 9.56. The van der Waals surface area contributed by atoms with Gasteiger partial charge in [-0.25, -0.2) is 0 Å². The third kappa shape index (κ3) is 3.88. The van der Waals surface area contributed by atoms with Gasteiger partial charge < -0.3 is 5.73 Å². The molecule has 2 heteroatoms. The molecule has 0 aromatic rings. The van der Waals surface area contributed by atoms with Gasteiger partial charge >= 0.3 is 0 Å². The largest absolute Gasteiger partial charge is 0.325 e. The Morgan fingerprint density at radius 2 is 2.00 bits per heavy atom. The Hall–Kier alpha value is -0.343. The maximum Gasteiger partial charge on any atom is 0.0736 e. The predicted molar refractivity (Wildman–Crippen MR) is 59.9 cm³/mol. The molecule has 0 bridgehead atoms. The summed E-state index contributed by atoms with van der Waals surface area (Å²) in [5, 5.41) is 1.27. The van der Waals surface area contributed by atoms with Gasteiger partial charge in [-0.2, -0.15) is 0 Å². The Balaban J connectivity index is 4.02. The SMILES string of the molecule is C=CCC[C@H](N)C(=C)[Si](C)(C)C. The molecule has 1 nitrogen and oxygen atoms in total. The highest BCUT2D eigenvalue weighted by molar-refractivity contribution is 6.83. The van der Waals surface area contributed by atoms with Crippen molar-refractivity contribution in [3.63, 3.8) is 0 Å². The minimum atomic E-state index is -1.23. The lowest BCUT2D eigenvalue weighted by Crippen LogP contribution is -2.36. The van der Waals surface area contributed by atoms with E-state index in [2.05, 4.69) is 32.8 Å². The number of nitrogens with two attached hydrogens (primary N) is 1. The first kappa shape index (κ1) is 11.7. The Morgan fingerprint density at radius 1 is 1.50 bits per heavy atom. The molecule has 12 heavy (non-hydrogen) atoms. The number of rotatable bonds is 5. The van der Waals surface area contributed by atoms with Crippen molar-refractivity contribution in [3.8, 4) is 0 Å². The van der Waals surface area contributed by atoms with Gasteiger partial charge in [0, 0.05) is 6.04 Å². The summed E-state index contributed by atoms with van der Waals surface area (Å²) in [6.07, 6.45) is 3.90. The van der Waals surface area contributed by atoms with Crippen LogP contribution in [0.3, 0.4) is 0 Å². The van der Waals surface area contributed by atoms with Gasteiger partial charge in [-0.3, -0.25) is 0 Å². The lowest BCUT2D eigenvalue weighted by molar-refractivity contribution is 0.720. The first-order valence-electron chi connectivity index (χ1n) is 4.45. The Kier molecular flexibility index (Phi) is 4.49. The first-order chi connectivity index (χ1) is 5.39. The molecular formula is C10H21NSi. The first-order valence-corrected chi connectivity index (χ1v) is 7.95. The maximum atomic E-state index is 5.98. The third-order valence-corrected chi connectivity index (χ3v) is 4.39. The molecule has 0 spiro atoms. The molecule has 0 heterocycles. The topological polar surface area (TPSA) is 26.0 Å². The lowest BCUT2D eigenvalue weighted by atomic mass is 10.1. The van der Waals surface area contributed by atoms with Gasteiger partial charge in [0.25, 0.3) is 0 Å². The van der Waals surface area contributed by atoms with Gasteiger partial charge in [-0.15, -0.1) is 13.2 Å². The van der Waals surface area contributed by atoms with Crippen LogP contribution in [-0.4, -0.2) is 14.1 Å². The van der Waals surface area contributed by atoms with Crippen molar-refractivity contribution in [2.24, 2.45) is 5.73 Å². The zero-order chi connectivity index (χ0) is 9.78. The van der Waals surface area contributed by atoms with E-state index in [4.69, 9.17) is 5.73 Å². The number of hydrogen-bond acceptors (Lipinski definition) is 1. The molecule has 0 unspecified atom stereocenters. The highest BCUT2D eigenvalue weighted by Crippen LogP contribution is 2.17. The highest BCUT2D eigenvalue weighted by Gasteiger charge is 2.21. The normalized spacial score (nSPS) is 14.0. The van der Waals surface area contributed by atoms with Crippen LogP contribution in [0.2, 0.25) is 19.6 Å². The summed E-state index contributed by atoms with van der Waals surface area (Å²) in [6, 6.07) is 0.176. The molecule has 0 radical (unpaired) electrons. The molecule has 0 saturated carbocycles. The summed E-state index contributed by atoms with van der Waals surface area (Å²) in [5.74, 6) is 0. The molecule has 0 aromatic heterocycles. The van der Waals surface area contributed by atoms with Gasteiger partial charge in [-0.05, 0) is 12.8 Å². The van der Waals surface area contributed by atoms with Gasteiger partial charge in [0.2, 0.25) is 0 Å². The van der Waals surface area contributed by atoms with Crippen molar-refractivity contribution in [2.45, 2.75) is 38.5 Å². The minimum Gasteiger partial charge on any atom is -0.325 e. The van der Waals surface area contributed by atoms with Crippen LogP contribution in [0, 0.1) is 0 Å². The van der Waals surface area contributed by atoms with E-state index in [1.54, 1.807) is 0 Å². The second kappa shape index (κ2) is 4.63. The smallest absolute Gasteiger partial charge is 0.0736 e. The molecule has 0 amide bonds. The van der Waals surface area contributed by atoms with E-state index in [9.17, 15) is 0 Å². The molecule has 0 rings (SSSR count). The standard InChI is InChI=1S/C10H21NSi/c1-6-7-8-10(11)9(2)12(3,4)5/h6,10H,1-2,7-8,11H2,3-5H3/t10-/m0/s1. The van der Waals surface area contributed by atoms with Crippen molar-refractivity contribution in [3.05, 3.63) is 24.4 Å².